The van der Waals surface area contributed by atoms with Crippen LogP contribution in [0.1, 0.15) is 38.7 Å². The molecule has 1 N–H and O–H groups in total. The molecule has 1 amide bonds. The smallest absolute Gasteiger partial charge is 0.211 e. The average molecular weight is 233 g/mol. The molecule has 0 saturated heterocycles. The van der Waals surface area contributed by atoms with E-state index in [1.807, 2.05) is 6.92 Å². The molecule has 0 aliphatic heterocycles. The molecule has 0 aliphatic rings. The Labute approximate surface area is 105 Å². The van der Waals surface area contributed by atoms with E-state index in [1.54, 1.807) is 0 Å². The zero-order chi connectivity index (χ0) is 12.9. The molecule has 94 valence electrons. The Morgan fingerprint density at radius 2 is 1.88 bits per heavy atom. The number of aryl methyl sites for hydroxylation is 1. The van der Waals surface area contributed by atoms with Gasteiger partial charge in [0.2, 0.25) is 6.41 Å². The van der Waals surface area contributed by atoms with E-state index in [1.165, 1.54) is 18.4 Å². The third-order valence-electron chi connectivity index (χ3n) is 2.20. The fourth-order valence-electron chi connectivity index (χ4n) is 1.39. The van der Waals surface area contributed by atoms with Crippen LogP contribution in [-0.4, -0.2) is 6.41 Å². The van der Waals surface area contributed by atoms with Crippen molar-refractivity contribution in [3.05, 3.63) is 48.2 Å². The van der Waals surface area contributed by atoms with Gasteiger partial charge in [0.25, 0.3) is 0 Å². The summed E-state index contributed by atoms with van der Waals surface area (Å²) in [7, 11) is 0. The van der Waals surface area contributed by atoms with Crippen molar-refractivity contribution >= 4 is 6.41 Å². The molecule has 1 aromatic rings. The summed E-state index contributed by atoms with van der Waals surface area (Å²) in [5.74, 6) is 0. The molecule has 0 radical (unpaired) electrons. The Kier molecular flexibility index (Phi) is 9.92. The minimum Gasteiger partial charge on any atom is -0.333 e. The highest BCUT2D eigenvalue weighted by Crippen LogP contribution is 2.00. The second-order valence-electron chi connectivity index (χ2n) is 3.85. The number of benzene rings is 1. The average Bonchev–Trinajstić information content (AvgIpc) is 2.32. The van der Waals surface area contributed by atoms with Crippen LogP contribution >= 0.6 is 0 Å². The lowest BCUT2D eigenvalue weighted by Gasteiger charge is -1.97. The highest BCUT2D eigenvalue weighted by Gasteiger charge is 1.85. The van der Waals surface area contributed by atoms with Crippen molar-refractivity contribution in [3.63, 3.8) is 0 Å². The zero-order valence-electron chi connectivity index (χ0n) is 10.9. The summed E-state index contributed by atoms with van der Waals surface area (Å²) in [5.41, 5.74) is 2.24. The van der Waals surface area contributed by atoms with Gasteiger partial charge in [-0.3, -0.25) is 4.79 Å². The van der Waals surface area contributed by atoms with Crippen molar-refractivity contribution in [2.45, 2.75) is 39.5 Å². The van der Waals surface area contributed by atoms with Crippen molar-refractivity contribution in [2.24, 2.45) is 0 Å². The fourth-order valence-corrected chi connectivity index (χ4v) is 1.39. The van der Waals surface area contributed by atoms with E-state index in [9.17, 15) is 4.79 Å². The van der Waals surface area contributed by atoms with Gasteiger partial charge in [-0.2, -0.15) is 0 Å². The van der Waals surface area contributed by atoms with Crippen molar-refractivity contribution in [1.82, 2.24) is 5.32 Å². The number of nitrogens with one attached hydrogen (secondary N) is 1. The van der Waals surface area contributed by atoms with Crippen LogP contribution in [0.3, 0.4) is 0 Å². The topological polar surface area (TPSA) is 29.1 Å². The zero-order valence-corrected chi connectivity index (χ0v) is 10.9. The van der Waals surface area contributed by atoms with Gasteiger partial charge in [-0.25, -0.2) is 0 Å². The molecule has 0 spiro atoms. The lowest BCUT2D eigenvalue weighted by molar-refractivity contribution is -0.108. The molecular formula is C15H23NO. The van der Waals surface area contributed by atoms with Gasteiger partial charge in [0.1, 0.15) is 0 Å². The van der Waals surface area contributed by atoms with Gasteiger partial charge >= 0.3 is 0 Å². The highest BCUT2D eigenvalue weighted by atomic mass is 16.1. The molecule has 17 heavy (non-hydrogen) atoms. The van der Waals surface area contributed by atoms with E-state index in [-0.39, 0.29) is 0 Å². The molecule has 2 heteroatoms. The molecule has 0 bridgehead atoms. The van der Waals surface area contributed by atoms with Crippen LogP contribution in [0.25, 0.3) is 0 Å². The second kappa shape index (κ2) is 10.9. The molecule has 0 fully saturated rings. The largest absolute Gasteiger partial charge is 0.333 e. The van der Waals surface area contributed by atoms with Gasteiger partial charge in [-0.05, 0) is 18.4 Å². The molecule has 0 unspecified atom stereocenters. The van der Waals surface area contributed by atoms with Crippen LogP contribution in [-0.2, 0) is 11.2 Å². The van der Waals surface area contributed by atoms with Gasteiger partial charge < -0.3 is 5.32 Å². The highest BCUT2D eigenvalue weighted by molar-refractivity contribution is 5.49. The molecule has 1 rings (SSSR count). The first-order valence-corrected chi connectivity index (χ1v) is 6.16. The lowest BCUT2D eigenvalue weighted by atomic mass is 10.1. The minimum absolute atomic E-state index is 0.651. The van der Waals surface area contributed by atoms with E-state index in [0.29, 0.717) is 6.41 Å². The minimum atomic E-state index is 0.651. The third kappa shape index (κ3) is 9.36. The Hall–Kier alpha value is -1.57. The molecule has 0 aromatic heterocycles. The summed E-state index contributed by atoms with van der Waals surface area (Å²) in [6, 6.07) is 10.6. The predicted molar refractivity (Wildman–Crippen MR) is 73.7 cm³/mol. The standard InChI is InChI=1S/C9H12.C6H11NO/c1-2-6-9-7-4-3-5-8-9;1-3-4-6(2)7-5-8/h3-5,7-8H,2,6H2,1H3;5H,2-4H2,1H3,(H,7,8). The van der Waals surface area contributed by atoms with Crippen LogP contribution in [0.15, 0.2) is 42.6 Å². The van der Waals surface area contributed by atoms with Gasteiger partial charge in [-0.1, -0.05) is 63.6 Å². The summed E-state index contributed by atoms with van der Waals surface area (Å²) in [6.07, 6.45) is 5.00. The van der Waals surface area contributed by atoms with Gasteiger partial charge in [-0.15, -0.1) is 0 Å². The maximum absolute atomic E-state index is 9.72. The molecule has 0 atom stereocenters. The van der Waals surface area contributed by atoms with E-state index >= 15 is 0 Å². The lowest BCUT2D eigenvalue weighted by Crippen LogP contribution is -2.07. The van der Waals surface area contributed by atoms with Crippen LogP contribution in [0.2, 0.25) is 0 Å². The Morgan fingerprint density at radius 1 is 1.24 bits per heavy atom. The summed E-state index contributed by atoms with van der Waals surface area (Å²) in [5, 5.41) is 2.47. The van der Waals surface area contributed by atoms with E-state index in [4.69, 9.17) is 0 Å². The van der Waals surface area contributed by atoms with E-state index < -0.39 is 0 Å². The van der Waals surface area contributed by atoms with Crippen molar-refractivity contribution < 1.29 is 4.79 Å². The molecule has 0 aliphatic carbocycles. The van der Waals surface area contributed by atoms with E-state index in [0.717, 1.165) is 18.5 Å². The molecule has 1 aromatic carbocycles. The summed E-state index contributed by atoms with van der Waals surface area (Å²) < 4.78 is 0. The number of rotatable bonds is 6. The van der Waals surface area contributed by atoms with Crippen LogP contribution in [0.4, 0.5) is 0 Å². The number of amides is 1. The maximum Gasteiger partial charge on any atom is 0.211 e. The number of allylic oxidation sites excluding steroid dienone is 1. The monoisotopic (exact) mass is 233 g/mol. The Bertz CT molecular complexity index is 306. The van der Waals surface area contributed by atoms with Gasteiger partial charge in [0.15, 0.2) is 0 Å². The predicted octanol–water partition coefficient (Wildman–Crippen LogP) is 3.69. The summed E-state index contributed by atoms with van der Waals surface area (Å²) in [4.78, 5) is 9.72. The second-order valence-corrected chi connectivity index (χ2v) is 3.85. The van der Waals surface area contributed by atoms with Crippen LogP contribution in [0, 0.1) is 0 Å². The quantitative estimate of drug-likeness (QED) is 0.746. The molecular weight excluding hydrogens is 210 g/mol. The first-order valence-electron chi connectivity index (χ1n) is 6.16. The first kappa shape index (κ1) is 15.4. The maximum atomic E-state index is 9.72. The van der Waals surface area contributed by atoms with Crippen LogP contribution < -0.4 is 5.32 Å². The van der Waals surface area contributed by atoms with Gasteiger partial charge in [0.05, 0.1) is 0 Å². The summed E-state index contributed by atoms with van der Waals surface area (Å²) in [6.45, 7) is 7.83. The van der Waals surface area contributed by atoms with Crippen LogP contribution in [0.5, 0.6) is 0 Å². The van der Waals surface area contributed by atoms with Crippen molar-refractivity contribution in [3.8, 4) is 0 Å². The Morgan fingerprint density at radius 3 is 2.35 bits per heavy atom. The molecule has 2 nitrogen and oxygen atoms in total. The van der Waals surface area contributed by atoms with Crippen molar-refractivity contribution in [1.29, 1.82) is 0 Å². The number of hydrogen-bond acceptors (Lipinski definition) is 1. The van der Waals surface area contributed by atoms with E-state index in [2.05, 4.69) is 49.2 Å². The molecule has 0 heterocycles. The van der Waals surface area contributed by atoms with Crippen molar-refractivity contribution in [2.75, 3.05) is 0 Å². The SMILES string of the molecule is C=C(CCC)NC=O.CCCc1ccccc1. The fraction of sp³-hybridized carbons (Fsp3) is 0.400. The summed E-state index contributed by atoms with van der Waals surface area (Å²) >= 11 is 0. The number of carbonyl (C=O) groups is 1. The Balaban J connectivity index is 0.000000304. The molecule has 0 saturated carbocycles. The first-order chi connectivity index (χ1) is 8.24. The normalized spacial score (nSPS) is 8.82. The number of hydrogen-bond donors (Lipinski definition) is 1. The number of carbonyl (C=O) groups excluding carboxylic acids is 1. The third-order valence-corrected chi connectivity index (χ3v) is 2.20. The van der Waals surface area contributed by atoms with Gasteiger partial charge in [0, 0.05) is 5.70 Å².